The van der Waals surface area contributed by atoms with Crippen molar-refractivity contribution < 1.29 is 4.79 Å². The molecule has 0 radical (unpaired) electrons. The molecule has 0 N–H and O–H groups in total. The molecule has 0 bridgehead atoms. The maximum absolute atomic E-state index is 11.9. The van der Waals surface area contributed by atoms with E-state index < -0.39 is 0 Å². The van der Waals surface area contributed by atoms with Crippen LogP contribution >= 0.6 is 23.2 Å². The van der Waals surface area contributed by atoms with E-state index in [1.165, 1.54) is 0 Å². The lowest BCUT2D eigenvalue weighted by molar-refractivity contribution is -0.117. The van der Waals surface area contributed by atoms with Gasteiger partial charge in [0.2, 0.25) is 0 Å². The van der Waals surface area contributed by atoms with Gasteiger partial charge in [-0.25, -0.2) is 0 Å². The van der Waals surface area contributed by atoms with E-state index in [1.54, 1.807) is 29.1 Å². The fourth-order valence-corrected chi connectivity index (χ4v) is 2.21. The van der Waals surface area contributed by atoms with Crippen molar-refractivity contribution in [3.63, 3.8) is 0 Å². The van der Waals surface area contributed by atoms with Gasteiger partial charge in [-0.15, -0.1) is 0 Å². The maximum atomic E-state index is 11.9. The molecule has 0 unspecified atom stereocenters. The molecule has 0 aliphatic heterocycles. The van der Waals surface area contributed by atoms with Crippen LogP contribution in [0.4, 0.5) is 0 Å². The number of benzene rings is 1. The second-order valence-corrected chi connectivity index (χ2v) is 4.99. The Hall–Kier alpha value is -1.32. The SMILES string of the molecule is Cn1cc(CC(=O)Cc2ccc(Cl)cc2Cl)cn1. The van der Waals surface area contributed by atoms with Crippen molar-refractivity contribution >= 4 is 29.0 Å². The van der Waals surface area contributed by atoms with Crippen molar-refractivity contribution in [2.24, 2.45) is 7.05 Å². The average molecular weight is 283 g/mol. The first-order valence-electron chi connectivity index (χ1n) is 5.48. The Labute approximate surface area is 115 Å². The van der Waals surface area contributed by atoms with E-state index in [2.05, 4.69) is 5.10 Å². The summed E-state index contributed by atoms with van der Waals surface area (Å²) in [5.41, 5.74) is 1.71. The molecular formula is C13H12Cl2N2O. The van der Waals surface area contributed by atoms with Crippen LogP contribution in [0.25, 0.3) is 0 Å². The third-order valence-corrected chi connectivity index (χ3v) is 3.15. The van der Waals surface area contributed by atoms with Crippen LogP contribution in [0.1, 0.15) is 11.1 Å². The number of Topliss-reactive ketones (excluding diaryl/α,β-unsaturated/α-hetero) is 1. The molecule has 1 aromatic carbocycles. The van der Waals surface area contributed by atoms with Gasteiger partial charge in [0.25, 0.3) is 0 Å². The molecule has 5 heteroatoms. The van der Waals surface area contributed by atoms with E-state index in [1.807, 2.05) is 13.2 Å². The molecule has 0 amide bonds. The second-order valence-electron chi connectivity index (χ2n) is 4.15. The lowest BCUT2D eigenvalue weighted by atomic mass is 10.0. The van der Waals surface area contributed by atoms with Crippen molar-refractivity contribution in [3.05, 3.63) is 51.8 Å². The summed E-state index contributed by atoms with van der Waals surface area (Å²) < 4.78 is 1.68. The first kappa shape index (κ1) is 13.1. The van der Waals surface area contributed by atoms with E-state index in [9.17, 15) is 4.79 Å². The number of rotatable bonds is 4. The van der Waals surface area contributed by atoms with Gasteiger partial charge in [0, 0.05) is 36.1 Å². The van der Waals surface area contributed by atoms with Crippen LogP contribution < -0.4 is 0 Å². The molecule has 1 aromatic heterocycles. The van der Waals surface area contributed by atoms with E-state index in [0.717, 1.165) is 11.1 Å². The van der Waals surface area contributed by atoms with Gasteiger partial charge in [0.1, 0.15) is 5.78 Å². The third kappa shape index (κ3) is 3.34. The summed E-state index contributed by atoms with van der Waals surface area (Å²) in [6, 6.07) is 5.17. The van der Waals surface area contributed by atoms with E-state index in [0.29, 0.717) is 22.9 Å². The van der Waals surface area contributed by atoms with E-state index in [-0.39, 0.29) is 5.78 Å². The van der Waals surface area contributed by atoms with Gasteiger partial charge in [-0.2, -0.15) is 5.10 Å². The zero-order chi connectivity index (χ0) is 13.1. The van der Waals surface area contributed by atoms with Crippen LogP contribution in [0.15, 0.2) is 30.6 Å². The van der Waals surface area contributed by atoms with Crippen LogP contribution in [0.2, 0.25) is 10.0 Å². The summed E-state index contributed by atoms with van der Waals surface area (Å²) in [5, 5.41) is 5.13. The van der Waals surface area contributed by atoms with Crippen LogP contribution in [-0.2, 0) is 24.7 Å². The second kappa shape index (κ2) is 5.55. The van der Waals surface area contributed by atoms with Crippen LogP contribution in [0, 0.1) is 0 Å². The summed E-state index contributed by atoms with van der Waals surface area (Å²) in [7, 11) is 1.82. The number of carbonyl (C=O) groups excluding carboxylic acids is 1. The Kier molecular flexibility index (Phi) is 4.04. The fraction of sp³-hybridized carbons (Fsp3) is 0.231. The van der Waals surface area contributed by atoms with Crippen molar-refractivity contribution in [2.45, 2.75) is 12.8 Å². The van der Waals surface area contributed by atoms with Gasteiger partial charge in [-0.05, 0) is 23.3 Å². The van der Waals surface area contributed by atoms with Gasteiger partial charge in [0.15, 0.2) is 0 Å². The smallest absolute Gasteiger partial charge is 0.141 e. The third-order valence-electron chi connectivity index (χ3n) is 2.56. The molecule has 0 saturated carbocycles. The fourth-order valence-electron chi connectivity index (χ4n) is 1.73. The number of hydrogen-bond acceptors (Lipinski definition) is 2. The molecule has 0 atom stereocenters. The molecule has 18 heavy (non-hydrogen) atoms. The van der Waals surface area contributed by atoms with Crippen molar-refractivity contribution in [3.8, 4) is 0 Å². The van der Waals surface area contributed by atoms with Crippen LogP contribution in [0.5, 0.6) is 0 Å². The Morgan fingerprint density at radius 2 is 2.11 bits per heavy atom. The molecule has 94 valence electrons. The van der Waals surface area contributed by atoms with Crippen molar-refractivity contribution in [2.75, 3.05) is 0 Å². The summed E-state index contributed by atoms with van der Waals surface area (Å²) in [6.07, 6.45) is 4.21. The number of carbonyl (C=O) groups is 1. The zero-order valence-corrected chi connectivity index (χ0v) is 11.4. The minimum Gasteiger partial charge on any atom is -0.299 e. The van der Waals surface area contributed by atoms with Crippen LogP contribution in [0.3, 0.4) is 0 Å². The molecule has 1 heterocycles. The van der Waals surface area contributed by atoms with Crippen molar-refractivity contribution in [1.29, 1.82) is 0 Å². The minimum absolute atomic E-state index is 0.104. The Balaban J connectivity index is 2.03. The largest absolute Gasteiger partial charge is 0.299 e. The van der Waals surface area contributed by atoms with E-state index in [4.69, 9.17) is 23.2 Å². The number of hydrogen-bond donors (Lipinski definition) is 0. The molecule has 0 spiro atoms. The first-order chi connectivity index (χ1) is 8.54. The monoisotopic (exact) mass is 282 g/mol. The normalized spacial score (nSPS) is 10.6. The van der Waals surface area contributed by atoms with Gasteiger partial charge in [-0.3, -0.25) is 9.48 Å². The molecule has 0 fully saturated rings. The van der Waals surface area contributed by atoms with Gasteiger partial charge in [-0.1, -0.05) is 29.3 Å². The van der Waals surface area contributed by atoms with Gasteiger partial charge >= 0.3 is 0 Å². The standard InChI is InChI=1S/C13H12Cl2N2O/c1-17-8-9(7-16-17)4-12(18)5-10-2-3-11(14)6-13(10)15/h2-3,6-8H,4-5H2,1H3. The molecule has 0 aliphatic rings. The highest BCUT2D eigenvalue weighted by atomic mass is 35.5. The number of nitrogens with zero attached hydrogens (tertiary/aromatic N) is 2. The molecule has 2 aromatic rings. The lowest BCUT2D eigenvalue weighted by Gasteiger charge is -2.03. The van der Waals surface area contributed by atoms with Crippen LogP contribution in [-0.4, -0.2) is 15.6 Å². The highest BCUT2D eigenvalue weighted by Gasteiger charge is 2.09. The highest BCUT2D eigenvalue weighted by Crippen LogP contribution is 2.21. The maximum Gasteiger partial charge on any atom is 0.141 e. The number of aryl methyl sites for hydroxylation is 1. The molecule has 2 rings (SSSR count). The first-order valence-corrected chi connectivity index (χ1v) is 6.23. The number of aromatic nitrogens is 2. The van der Waals surface area contributed by atoms with Gasteiger partial charge in [0.05, 0.1) is 6.20 Å². The molecule has 0 aliphatic carbocycles. The highest BCUT2D eigenvalue weighted by molar-refractivity contribution is 6.35. The Bertz CT molecular complexity index is 578. The lowest BCUT2D eigenvalue weighted by Crippen LogP contribution is -2.06. The zero-order valence-electron chi connectivity index (χ0n) is 9.86. The quantitative estimate of drug-likeness (QED) is 0.864. The summed E-state index contributed by atoms with van der Waals surface area (Å²) in [4.78, 5) is 11.9. The molecular weight excluding hydrogens is 271 g/mol. The number of halogens is 2. The topological polar surface area (TPSA) is 34.9 Å². The van der Waals surface area contributed by atoms with Gasteiger partial charge < -0.3 is 0 Å². The predicted octanol–water partition coefficient (Wildman–Crippen LogP) is 3.08. The summed E-state index contributed by atoms with van der Waals surface area (Å²) >= 11 is 11.8. The summed E-state index contributed by atoms with van der Waals surface area (Å²) in [5.74, 6) is 0.104. The molecule has 0 saturated heterocycles. The Morgan fingerprint density at radius 3 is 2.72 bits per heavy atom. The predicted molar refractivity (Wildman–Crippen MR) is 72.1 cm³/mol. The van der Waals surface area contributed by atoms with Crippen molar-refractivity contribution in [1.82, 2.24) is 9.78 Å². The molecule has 3 nitrogen and oxygen atoms in total. The Morgan fingerprint density at radius 1 is 1.33 bits per heavy atom. The number of ketones is 1. The minimum atomic E-state index is 0.104. The summed E-state index contributed by atoms with van der Waals surface area (Å²) in [6.45, 7) is 0. The van der Waals surface area contributed by atoms with E-state index >= 15 is 0 Å². The average Bonchev–Trinajstić information content (AvgIpc) is 2.68.